The molecule has 0 bridgehead atoms. The number of nitrogens with zero attached hydrogens (tertiary/aromatic N) is 1. The number of nitrogen functional groups attached to an aromatic ring is 1. The van der Waals surface area contributed by atoms with E-state index in [4.69, 9.17) is 5.73 Å². The van der Waals surface area contributed by atoms with Crippen LogP contribution in [-0.2, 0) is 24.3 Å². The second-order valence-corrected chi connectivity index (χ2v) is 6.25. The highest BCUT2D eigenvalue weighted by Gasteiger charge is 2.05. The lowest BCUT2D eigenvalue weighted by Gasteiger charge is -2.18. The quantitative estimate of drug-likeness (QED) is 0.607. The average Bonchev–Trinajstić information content (AvgIpc) is 2.64. The molecule has 150 valence electrons. The molecule has 0 radical (unpaired) electrons. The van der Waals surface area contributed by atoms with Crippen LogP contribution in [0, 0.1) is 0 Å². The number of benzene rings is 2. The van der Waals surface area contributed by atoms with Crippen molar-refractivity contribution in [3.05, 3.63) is 65.2 Å². The van der Waals surface area contributed by atoms with Gasteiger partial charge in [-0.05, 0) is 42.3 Å². The first-order chi connectivity index (χ1) is 12.1. The van der Waals surface area contributed by atoms with Gasteiger partial charge in [-0.15, -0.1) is 24.8 Å². The number of carbonyl (C=O) groups is 1. The largest absolute Gasteiger partial charge is 0.399 e. The molecule has 0 aliphatic carbocycles. The Morgan fingerprint density at radius 2 is 1.56 bits per heavy atom. The Hall–Kier alpha value is -1.75. The molecule has 0 fully saturated rings. The molecule has 0 aliphatic heterocycles. The SMILES string of the molecule is CCN(CC)Cc1ccc(CNC(=O)CCc2ccccc2N)cc1.Cl.Cl. The number of aryl methyl sites for hydroxylation is 1. The minimum Gasteiger partial charge on any atom is -0.399 e. The number of rotatable bonds is 9. The van der Waals surface area contributed by atoms with Crippen LogP contribution >= 0.6 is 24.8 Å². The zero-order valence-electron chi connectivity index (χ0n) is 16.1. The molecule has 0 heterocycles. The van der Waals surface area contributed by atoms with Crippen molar-refractivity contribution < 1.29 is 4.79 Å². The molecule has 0 saturated carbocycles. The lowest BCUT2D eigenvalue weighted by Crippen LogP contribution is -2.23. The lowest BCUT2D eigenvalue weighted by molar-refractivity contribution is -0.121. The van der Waals surface area contributed by atoms with Crippen LogP contribution in [0.2, 0.25) is 0 Å². The molecule has 2 rings (SSSR count). The predicted molar refractivity (Wildman–Crippen MR) is 119 cm³/mol. The van der Waals surface area contributed by atoms with Crippen LogP contribution in [-0.4, -0.2) is 23.9 Å². The molecule has 0 saturated heterocycles. The van der Waals surface area contributed by atoms with Gasteiger partial charge in [-0.25, -0.2) is 0 Å². The molecule has 4 nitrogen and oxygen atoms in total. The fourth-order valence-electron chi connectivity index (χ4n) is 2.77. The summed E-state index contributed by atoms with van der Waals surface area (Å²) in [4.78, 5) is 14.4. The highest BCUT2D eigenvalue weighted by Crippen LogP contribution is 2.12. The summed E-state index contributed by atoms with van der Waals surface area (Å²) in [6.07, 6.45) is 1.12. The van der Waals surface area contributed by atoms with E-state index in [1.807, 2.05) is 24.3 Å². The van der Waals surface area contributed by atoms with Gasteiger partial charge in [-0.2, -0.15) is 0 Å². The Kier molecular flexibility index (Phi) is 12.6. The minimum absolute atomic E-state index is 0. The standard InChI is InChI=1S/C21H29N3O.2ClH/c1-3-24(4-2)16-18-11-9-17(10-12-18)15-23-21(25)14-13-19-7-5-6-8-20(19)22;;/h5-12H,3-4,13-16,22H2,1-2H3,(H,23,25);2*1H. The Balaban J connectivity index is 0.00000338. The van der Waals surface area contributed by atoms with Crippen molar-refractivity contribution in [1.82, 2.24) is 10.2 Å². The fraction of sp³-hybridized carbons (Fsp3) is 0.381. The van der Waals surface area contributed by atoms with E-state index >= 15 is 0 Å². The number of hydrogen-bond acceptors (Lipinski definition) is 3. The summed E-state index contributed by atoms with van der Waals surface area (Å²) in [5, 5.41) is 2.98. The van der Waals surface area contributed by atoms with Gasteiger partial charge < -0.3 is 11.1 Å². The van der Waals surface area contributed by atoms with Gasteiger partial charge in [0.05, 0.1) is 0 Å². The summed E-state index contributed by atoms with van der Waals surface area (Å²) in [6, 6.07) is 16.2. The second-order valence-electron chi connectivity index (χ2n) is 6.25. The predicted octanol–water partition coefficient (Wildman–Crippen LogP) is 4.20. The van der Waals surface area contributed by atoms with Crippen LogP contribution in [0.3, 0.4) is 0 Å². The molecule has 0 aliphatic rings. The first-order valence-electron chi connectivity index (χ1n) is 9.02. The van der Waals surface area contributed by atoms with Gasteiger partial charge >= 0.3 is 0 Å². The number of halogens is 2. The summed E-state index contributed by atoms with van der Waals surface area (Å²) in [5.74, 6) is 0.0514. The van der Waals surface area contributed by atoms with Crippen LogP contribution in [0.4, 0.5) is 5.69 Å². The molecule has 2 aromatic carbocycles. The van der Waals surface area contributed by atoms with E-state index in [2.05, 4.69) is 48.3 Å². The van der Waals surface area contributed by atoms with E-state index in [-0.39, 0.29) is 30.7 Å². The van der Waals surface area contributed by atoms with Gasteiger partial charge in [0, 0.05) is 25.2 Å². The third kappa shape index (κ3) is 8.65. The summed E-state index contributed by atoms with van der Waals surface area (Å²) >= 11 is 0. The van der Waals surface area contributed by atoms with Gasteiger partial charge in [0.25, 0.3) is 0 Å². The zero-order valence-corrected chi connectivity index (χ0v) is 17.7. The number of nitrogens with one attached hydrogen (secondary N) is 1. The van der Waals surface area contributed by atoms with Crippen LogP contribution in [0.25, 0.3) is 0 Å². The normalized spacial score (nSPS) is 10.0. The third-order valence-corrected chi connectivity index (χ3v) is 4.49. The maximum Gasteiger partial charge on any atom is 0.220 e. The summed E-state index contributed by atoms with van der Waals surface area (Å²) in [5.41, 5.74) is 10.1. The van der Waals surface area contributed by atoms with Crippen LogP contribution < -0.4 is 11.1 Å². The highest BCUT2D eigenvalue weighted by molar-refractivity contribution is 5.85. The van der Waals surface area contributed by atoms with Crippen molar-refractivity contribution in [3.8, 4) is 0 Å². The van der Waals surface area contributed by atoms with Crippen molar-refractivity contribution in [2.45, 2.75) is 39.8 Å². The number of amides is 1. The van der Waals surface area contributed by atoms with Crippen molar-refractivity contribution in [2.75, 3.05) is 18.8 Å². The smallest absolute Gasteiger partial charge is 0.220 e. The molecule has 0 aromatic heterocycles. The average molecular weight is 412 g/mol. The zero-order chi connectivity index (χ0) is 18.1. The van der Waals surface area contributed by atoms with E-state index in [0.717, 1.165) is 36.4 Å². The number of hydrogen-bond donors (Lipinski definition) is 2. The lowest BCUT2D eigenvalue weighted by atomic mass is 10.1. The summed E-state index contributed by atoms with van der Waals surface area (Å²) in [6.45, 7) is 8.00. The molecule has 0 atom stereocenters. The number of para-hydroxylation sites is 1. The Bertz CT molecular complexity index is 673. The Morgan fingerprint density at radius 1 is 0.963 bits per heavy atom. The topological polar surface area (TPSA) is 58.4 Å². The molecule has 2 aromatic rings. The number of anilines is 1. The molecule has 0 unspecified atom stereocenters. The summed E-state index contributed by atoms with van der Waals surface area (Å²) in [7, 11) is 0. The van der Waals surface area contributed by atoms with Crippen LogP contribution in [0.15, 0.2) is 48.5 Å². The summed E-state index contributed by atoms with van der Waals surface area (Å²) < 4.78 is 0. The molecule has 3 N–H and O–H groups in total. The molecular weight excluding hydrogens is 381 g/mol. The monoisotopic (exact) mass is 411 g/mol. The van der Waals surface area contributed by atoms with Crippen molar-refractivity contribution in [3.63, 3.8) is 0 Å². The van der Waals surface area contributed by atoms with Gasteiger partial charge in [-0.1, -0.05) is 56.3 Å². The Morgan fingerprint density at radius 3 is 2.15 bits per heavy atom. The van der Waals surface area contributed by atoms with E-state index in [0.29, 0.717) is 19.4 Å². The number of nitrogens with two attached hydrogens (primary N) is 1. The van der Waals surface area contributed by atoms with Gasteiger partial charge in [0.2, 0.25) is 5.91 Å². The highest BCUT2D eigenvalue weighted by atomic mass is 35.5. The van der Waals surface area contributed by atoms with Crippen molar-refractivity contribution in [2.24, 2.45) is 0 Å². The molecule has 27 heavy (non-hydrogen) atoms. The molecule has 6 heteroatoms. The maximum absolute atomic E-state index is 12.0. The second kappa shape index (κ2) is 13.4. The van der Waals surface area contributed by atoms with Gasteiger partial charge in [0.15, 0.2) is 0 Å². The van der Waals surface area contributed by atoms with Gasteiger partial charge in [-0.3, -0.25) is 9.69 Å². The maximum atomic E-state index is 12.0. The van der Waals surface area contributed by atoms with Crippen molar-refractivity contribution >= 4 is 36.4 Å². The van der Waals surface area contributed by atoms with Crippen LogP contribution in [0.1, 0.15) is 37.0 Å². The van der Waals surface area contributed by atoms with E-state index in [1.165, 1.54) is 5.56 Å². The Labute approximate surface area is 175 Å². The minimum atomic E-state index is 0. The first kappa shape index (κ1) is 25.2. The molecular formula is C21H31Cl2N3O. The number of carbonyl (C=O) groups excluding carboxylic acids is 1. The van der Waals surface area contributed by atoms with Crippen molar-refractivity contribution in [1.29, 1.82) is 0 Å². The van der Waals surface area contributed by atoms with E-state index < -0.39 is 0 Å². The van der Waals surface area contributed by atoms with E-state index in [9.17, 15) is 4.79 Å². The van der Waals surface area contributed by atoms with E-state index in [1.54, 1.807) is 0 Å². The fourth-order valence-corrected chi connectivity index (χ4v) is 2.77. The molecule has 1 amide bonds. The molecule has 0 spiro atoms. The third-order valence-electron chi connectivity index (χ3n) is 4.49. The van der Waals surface area contributed by atoms with Gasteiger partial charge in [0.1, 0.15) is 0 Å². The first-order valence-corrected chi connectivity index (χ1v) is 9.02. The van der Waals surface area contributed by atoms with Crippen LogP contribution in [0.5, 0.6) is 0 Å².